The van der Waals surface area contributed by atoms with Gasteiger partial charge in [-0.3, -0.25) is 19.3 Å². The Bertz CT molecular complexity index is 1570. The number of halogens is 1. The van der Waals surface area contributed by atoms with E-state index in [0.29, 0.717) is 22.7 Å². The van der Waals surface area contributed by atoms with E-state index in [-0.39, 0.29) is 30.8 Å². The van der Waals surface area contributed by atoms with Crippen LogP contribution in [0.1, 0.15) is 42.3 Å². The predicted molar refractivity (Wildman–Crippen MR) is 159 cm³/mol. The number of anilines is 1. The number of rotatable bonds is 8. The molecular weight excluding hydrogens is 522 g/mol. The van der Waals surface area contributed by atoms with Crippen LogP contribution in [0, 0.1) is 0 Å². The fourth-order valence-electron chi connectivity index (χ4n) is 5.20. The van der Waals surface area contributed by atoms with Crippen molar-refractivity contribution in [2.24, 2.45) is 0 Å². The summed E-state index contributed by atoms with van der Waals surface area (Å²) >= 11 is 6.28. The molecule has 1 aliphatic heterocycles. The summed E-state index contributed by atoms with van der Waals surface area (Å²) < 4.78 is 0. The van der Waals surface area contributed by atoms with E-state index in [9.17, 15) is 14.4 Å². The second-order valence-electron chi connectivity index (χ2n) is 11.2. The molecule has 0 aromatic heterocycles. The summed E-state index contributed by atoms with van der Waals surface area (Å²) in [6, 6.07) is 27.4. The van der Waals surface area contributed by atoms with E-state index in [0.717, 1.165) is 21.9 Å². The highest BCUT2D eigenvalue weighted by molar-refractivity contribution is 6.30. The lowest BCUT2D eigenvalue weighted by Crippen LogP contribution is -2.56. The third-order valence-corrected chi connectivity index (χ3v) is 7.19. The van der Waals surface area contributed by atoms with Crippen molar-refractivity contribution in [2.75, 3.05) is 11.4 Å². The largest absolute Gasteiger partial charge is 0.350 e. The van der Waals surface area contributed by atoms with Gasteiger partial charge in [-0.25, -0.2) is 0 Å². The molecule has 0 aliphatic carbocycles. The average molecular weight is 554 g/mol. The SMILES string of the molecule is CC(C)(C)NC(=O)[C@H](Cc1ccccc1)N(Cc1cccc(Cl)c1)C(=O)CN1C(=O)c2cccc3cccc1c23. The maximum atomic E-state index is 14.2. The van der Waals surface area contributed by atoms with Crippen molar-refractivity contribution >= 4 is 45.8 Å². The monoisotopic (exact) mass is 553 g/mol. The summed E-state index contributed by atoms with van der Waals surface area (Å²) in [5.74, 6) is -0.811. The number of carbonyl (C=O) groups excluding carboxylic acids is 3. The normalized spacial score (nSPS) is 13.4. The Labute approximate surface area is 239 Å². The minimum atomic E-state index is -0.816. The number of amides is 3. The lowest BCUT2D eigenvalue weighted by atomic mass is 10.0. The van der Waals surface area contributed by atoms with Crippen LogP contribution in [0.4, 0.5) is 5.69 Å². The molecule has 6 nitrogen and oxygen atoms in total. The van der Waals surface area contributed by atoms with Crippen LogP contribution in [0.15, 0.2) is 91.0 Å². The Morgan fingerprint density at radius 2 is 1.57 bits per heavy atom. The molecule has 0 bridgehead atoms. The van der Waals surface area contributed by atoms with Crippen molar-refractivity contribution in [1.29, 1.82) is 0 Å². The van der Waals surface area contributed by atoms with Gasteiger partial charge >= 0.3 is 0 Å². The van der Waals surface area contributed by atoms with Crippen molar-refractivity contribution < 1.29 is 14.4 Å². The van der Waals surface area contributed by atoms with Crippen LogP contribution >= 0.6 is 11.6 Å². The first kappa shape index (κ1) is 27.4. The van der Waals surface area contributed by atoms with Gasteiger partial charge in [0.1, 0.15) is 12.6 Å². The average Bonchev–Trinajstić information content (AvgIpc) is 3.18. The van der Waals surface area contributed by atoms with Crippen LogP contribution in [0.5, 0.6) is 0 Å². The molecule has 1 heterocycles. The summed E-state index contributed by atoms with van der Waals surface area (Å²) in [5.41, 5.74) is 2.50. The lowest BCUT2D eigenvalue weighted by molar-refractivity contribution is -0.140. The molecule has 204 valence electrons. The molecule has 0 unspecified atom stereocenters. The Morgan fingerprint density at radius 3 is 2.27 bits per heavy atom. The highest BCUT2D eigenvalue weighted by Gasteiger charge is 2.36. The van der Waals surface area contributed by atoms with Crippen molar-refractivity contribution in [3.05, 3.63) is 113 Å². The van der Waals surface area contributed by atoms with E-state index in [1.807, 2.05) is 93.6 Å². The number of nitrogens with one attached hydrogen (secondary N) is 1. The zero-order valence-corrected chi connectivity index (χ0v) is 23.6. The molecule has 3 amide bonds. The van der Waals surface area contributed by atoms with Gasteiger partial charge in [0.2, 0.25) is 11.8 Å². The molecular formula is C33H32ClN3O3. The van der Waals surface area contributed by atoms with Crippen LogP contribution in [0.25, 0.3) is 10.8 Å². The van der Waals surface area contributed by atoms with E-state index in [1.54, 1.807) is 23.1 Å². The smallest absolute Gasteiger partial charge is 0.259 e. The lowest BCUT2D eigenvalue weighted by Gasteiger charge is -2.34. The van der Waals surface area contributed by atoms with Gasteiger partial charge in [-0.1, -0.05) is 78.3 Å². The number of benzene rings is 4. The molecule has 0 radical (unpaired) electrons. The third kappa shape index (κ3) is 5.87. The number of hydrogen-bond acceptors (Lipinski definition) is 3. The molecule has 0 saturated carbocycles. The maximum absolute atomic E-state index is 14.2. The second kappa shape index (κ2) is 11.1. The number of carbonyl (C=O) groups is 3. The molecule has 0 fully saturated rings. The van der Waals surface area contributed by atoms with E-state index in [2.05, 4.69) is 5.32 Å². The molecule has 0 saturated heterocycles. The molecule has 4 aromatic carbocycles. The number of nitrogens with zero attached hydrogens (tertiary/aromatic N) is 2. The molecule has 5 rings (SSSR count). The Hall–Kier alpha value is -4.16. The molecule has 1 N–H and O–H groups in total. The van der Waals surface area contributed by atoms with Crippen LogP contribution in [0.2, 0.25) is 5.02 Å². The summed E-state index contributed by atoms with van der Waals surface area (Å²) in [7, 11) is 0. The third-order valence-electron chi connectivity index (χ3n) is 6.95. The predicted octanol–water partition coefficient (Wildman–Crippen LogP) is 6.01. The van der Waals surface area contributed by atoms with Gasteiger partial charge in [-0.15, -0.1) is 0 Å². The van der Waals surface area contributed by atoms with Crippen LogP contribution in [-0.2, 0) is 22.6 Å². The van der Waals surface area contributed by atoms with E-state index in [1.165, 1.54) is 4.90 Å². The van der Waals surface area contributed by atoms with Crippen LogP contribution in [0.3, 0.4) is 0 Å². The van der Waals surface area contributed by atoms with Gasteiger partial charge in [0, 0.05) is 34.5 Å². The van der Waals surface area contributed by atoms with E-state index >= 15 is 0 Å². The van der Waals surface area contributed by atoms with Crippen molar-refractivity contribution in [3.63, 3.8) is 0 Å². The Kier molecular flexibility index (Phi) is 7.63. The van der Waals surface area contributed by atoms with Crippen molar-refractivity contribution in [2.45, 2.75) is 45.3 Å². The Balaban J connectivity index is 1.53. The summed E-state index contributed by atoms with van der Waals surface area (Å²) in [5, 5.41) is 5.40. The van der Waals surface area contributed by atoms with Gasteiger partial charge in [0.15, 0.2) is 0 Å². The second-order valence-corrected chi connectivity index (χ2v) is 11.6. The van der Waals surface area contributed by atoms with E-state index < -0.39 is 11.6 Å². The fourth-order valence-corrected chi connectivity index (χ4v) is 5.41. The number of hydrogen-bond donors (Lipinski definition) is 1. The van der Waals surface area contributed by atoms with Crippen molar-refractivity contribution in [3.8, 4) is 0 Å². The molecule has 7 heteroatoms. The Morgan fingerprint density at radius 1 is 0.900 bits per heavy atom. The maximum Gasteiger partial charge on any atom is 0.259 e. The highest BCUT2D eigenvalue weighted by atomic mass is 35.5. The van der Waals surface area contributed by atoms with Gasteiger partial charge < -0.3 is 10.2 Å². The molecule has 40 heavy (non-hydrogen) atoms. The summed E-state index contributed by atoms with van der Waals surface area (Å²) in [6.45, 7) is 5.70. The quantitative estimate of drug-likeness (QED) is 0.290. The highest BCUT2D eigenvalue weighted by Crippen LogP contribution is 2.37. The molecule has 1 aliphatic rings. The van der Waals surface area contributed by atoms with Gasteiger partial charge in [-0.2, -0.15) is 0 Å². The minimum Gasteiger partial charge on any atom is -0.350 e. The van der Waals surface area contributed by atoms with Gasteiger partial charge in [0.25, 0.3) is 5.91 Å². The molecule has 4 aromatic rings. The minimum absolute atomic E-state index is 0.160. The zero-order chi connectivity index (χ0) is 28.4. The van der Waals surface area contributed by atoms with E-state index in [4.69, 9.17) is 11.6 Å². The summed E-state index contributed by atoms with van der Waals surface area (Å²) in [4.78, 5) is 44.6. The molecule has 1 atom stereocenters. The zero-order valence-electron chi connectivity index (χ0n) is 22.9. The van der Waals surface area contributed by atoms with Crippen molar-refractivity contribution in [1.82, 2.24) is 10.2 Å². The fraction of sp³-hybridized carbons (Fsp3) is 0.242. The first-order chi connectivity index (χ1) is 19.1. The van der Waals surface area contributed by atoms with Gasteiger partial charge in [-0.05, 0) is 61.5 Å². The first-order valence-corrected chi connectivity index (χ1v) is 13.7. The standard InChI is InChI=1S/C33H32ClN3O3/c1-33(2,3)35-31(39)28(19-22-10-5-4-6-11-22)36(20-23-12-7-15-25(34)18-23)29(38)21-37-27-17-9-14-24-13-8-16-26(30(24)27)32(37)40/h4-18,28H,19-21H2,1-3H3,(H,35,39)/t28-/m0/s1. The topological polar surface area (TPSA) is 69.7 Å². The van der Waals surface area contributed by atoms with Crippen LogP contribution in [-0.4, -0.2) is 40.7 Å². The summed E-state index contributed by atoms with van der Waals surface area (Å²) in [6.07, 6.45) is 0.318. The van der Waals surface area contributed by atoms with Crippen LogP contribution < -0.4 is 10.2 Å². The molecule has 0 spiro atoms. The van der Waals surface area contributed by atoms with Gasteiger partial charge in [0.05, 0.1) is 5.69 Å². The first-order valence-electron chi connectivity index (χ1n) is 13.3.